The number of hydrogen-bond acceptors (Lipinski definition) is 3. The lowest BCUT2D eigenvalue weighted by molar-refractivity contribution is -0.129. The number of carbonyl (C=O) groups excluding carboxylic acids is 2. The van der Waals surface area contributed by atoms with E-state index in [1.54, 1.807) is 4.90 Å². The molecular weight excluding hydrogens is 220 g/mol. The van der Waals surface area contributed by atoms with Crippen LogP contribution in [0, 0.1) is 11.8 Å². The molecule has 0 spiro atoms. The second kappa shape index (κ2) is 5.04. The summed E-state index contributed by atoms with van der Waals surface area (Å²) in [6, 6.07) is 0. The number of aliphatic hydroxyl groups excluding tert-OH is 1. The first-order chi connectivity index (χ1) is 8.10. The Kier molecular flexibility index (Phi) is 3.66. The van der Waals surface area contributed by atoms with Crippen LogP contribution in [-0.2, 0) is 9.59 Å². The third-order valence-electron chi connectivity index (χ3n) is 3.74. The van der Waals surface area contributed by atoms with E-state index in [9.17, 15) is 9.59 Å². The number of hydrogen-bond donors (Lipinski definition) is 2. The molecule has 1 saturated carbocycles. The fourth-order valence-corrected chi connectivity index (χ4v) is 2.51. The first kappa shape index (κ1) is 12.4. The molecular formula is C12H20N2O3. The quantitative estimate of drug-likeness (QED) is 0.711. The van der Waals surface area contributed by atoms with Crippen LogP contribution in [0.2, 0.25) is 0 Å². The highest BCUT2D eigenvalue weighted by molar-refractivity contribution is 5.89. The van der Waals surface area contributed by atoms with Crippen molar-refractivity contribution in [1.29, 1.82) is 0 Å². The van der Waals surface area contributed by atoms with Crippen LogP contribution in [-0.4, -0.2) is 47.6 Å². The van der Waals surface area contributed by atoms with Gasteiger partial charge in [-0.1, -0.05) is 0 Å². The molecule has 2 rings (SSSR count). The molecule has 2 aliphatic rings. The number of nitrogens with zero attached hydrogens (tertiary/aromatic N) is 1. The molecule has 0 bridgehead atoms. The molecule has 2 fully saturated rings. The van der Waals surface area contributed by atoms with Gasteiger partial charge in [0, 0.05) is 26.1 Å². The molecule has 5 heteroatoms. The minimum Gasteiger partial charge on any atom is -0.393 e. The van der Waals surface area contributed by atoms with Crippen molar-refractivity contribution in [3.8, 4) is 0 Å². The fourth-order valence-electron chi connectivity index (χ4n) is 2.51. The summed E-state index contributed by atoms with van der Waals surface area (Å²) in [7, 11) is 0. The van der Waals surface area contributed by atoms with Crippen molar-refractivity contribution < 1.29 is 14.7 Å². The average molecular weight is 240 g/mol. The molecule has 5 nitrogen and oxygen atoms in total. The third kappa shape index (κ3) is 2.77. The van der Waals surface area contributed by atoms with Crippen LogP contribution < -0.4 is 5.32 Å². The minimum atomic E-state index is -0.188. The van der Waals surface area contributed by atoms with Gasteiger partial charge >= 0.3 is 0 Å². The Bertz CT molecular complexity index is 313. The third-order valence-corrected chi connectivity index (χ3v) is 3.74. The van der Waals surface area contributed by atoms with E-state index in [-0.39, 0.29) is 23.8 Å². The van der Waals surface area contributed by atoms with E-state index < -0.39 is 0 Å². The van der Waals surface area contributed by atoms with Crippen molar-refractivity contribution in [2.24, 2.45) is 11.8 Å². The summed E-state index contributed by atoms with van der Waals surface area (Å²) < 4.78 is 0. The Balaban J connectivity index is 1.72. The van der Waals surface area contributed by atoms with E-state index in [1.807, 2.05) is 6.92 Å². The van der Waals surface area contributed by atoms with E-state index in [4.69, 9.17) is 5.11 Å². The van der Waals surface area contributed by atoms with Gasteiger partial charge in [0.15, 0.2) is 0 Å². The maximum absolute atomic E-state index is 11.8. The Labute approximate surface area is 101 Å². The van der Waals surface area contributed by atoms with Gasteiger partial charge in [0.25, 0.3) is 0 Å². The van der Waals surface area contributed by atoms with Gasteiger partial charge in [-0.05, 0) is 25.7 Å². The summed E-state index contributed by atoms with van der Waals surface area (Å²) in [5.41, 5.74) is 0. The molecule has 1 aliphatic carbocycles. The maximum atomic E-state index is 11.8. The SMILES string of the molecule is CCN1CC(C(=O)NCC2CC(O)C2)CC1=O. The predicted octanol–water partition coefficient (Wildman–Crippen LogP) is -0.258. The molecule has 0 aromatic carbocycles. The minimum absolute atomic E-state index is 0.0179. The van der Waals surface area contributed by atoms with Crippen LogP contribution in [0.3, 0.4) is 0 Å². The molecule has 1 atom stereocenters. The molecule has 17 heavy (non-hydrogen) atoms. The summed E-state index contributed by atoms with van der Waals surface area (Å²) >= 11 is 0. The number of nitrogens with one attached hydrogen (secondary N) is 1. The van der Waals surface area contributed by atoms with E-state index in [1.165, 1.54) is 0 Å². The van der Waals surface area contributed by atoms with E-state index in [0.29, 0.717) is 32.0 Å². The van der Waals surface area contributed by atoms with Crippen LogP contribution in [0.5, 0.6) is 0 Å². The summed E-state index contributed by atoms with van der Waals surface area (Å²) in [6.07, 6.45) is 1.73. The van der Waals surface area contributed by atoms with Gasteiger partial charge < -0.3 is 15.3 Å². The summed E-state index contributed by atoms with van der Waals surface area (Å²) in [6.45, 7) is 3.78. The molecule has 2 N–H and O–H groups in total. The first-order valence-corrected chi connectivity index (χ1v) is 6.33. The molecule has 2 amide bonds. The highest BCUT2D eigenvalue weighted by atomic mass is 16.3. The standard InChI is InChI=1S/C12H20N2O3/c1-2-14-7-9(5-11(14)16)12(17)13-6-8-3-10(15)4-8/h8-10,15H,2-7H2,1H3,(H,13,17). The predicted molar refractivity (Wildman–Crippen MR) is 62.1 cm³/mol. The van der Waals surface area contributed by atoms with Gasteiger partial charge in [-0.2, -0.15) is 0 Å². The molecule has 96 valence electrons. The summed E-state index contributed by atoms with van der Waals surface area (Å²) in [5, 5.41) is 12.0. The fraction of sp³-hybridized carbons (Fsp3) is 0.833. The van der Waals surface area contributed by atoms with E-state index in [0.717, 1.165) is 12.8 Å². The zero-order valence-electron chi connectivity index (χ0n) is 10.2. The summed E-state index contributed by atoms with van der Waals surface area (Å²) in [5.74, 6) is 0.281. The molecule has 0 aromatic rings. The molecule has 0 aromatic heterocycles. The second-order valence-corrected chi connectivity index (χ2v) is 5.07. The van der Waals surface area contributed by atoms with E-state index >= 15 is 0 Å². The van der Waals surface area contributed by atoms with Crippen molar-refractivity contribution in [3.63, 3.8) is 0 Å². The van der Waals surface area contributed by atoms with Gasteiger partial charge in [-0.25, -0.2) is 0 Å². The zero-order valence-corrected chi connectivity index (χ0v) is 10.2. The van der Waals surface area contributed by atoms with Crippen LogP contribution in [0.15, 0.2) is 0 Å². The largest absolute Gasteiger partial charge is 0.393 e. The first-order valence-electron chi connectivity index (χ1n) is 6.33. The molecule has 1 aliphatic heterocycles. The monoisotopic (exact) mass is 240 g/mol. The van der Waals surface area contributed by atoms with Crippen molar-refractivity contribution >= 4 is 11.8 Å². The molecule has 1 unspecified atom stereocenters. The van der Waals surface area contributed by atoms with Gasteiger partial charge in [0.05, 0.1) is 12.0 Å². The lowest BCUT2D eigenvalue weighted by atomic mass is 9.82. The topological polar surface area (TPSA) is 69.6 Å². The maximum Gasteiger partial charge on any atom is 0.225 e. The number of amides is 2. The van der Waals surface area contributed by atoms with Crippen molar-refractivity contribution in [3.05, 3.63) is 0 Å². The Morgan fingerprint density at radius 3 is 2.76 bits per heavy atom. The lowest BCUT2D eigenvalue weighted by Crippen LogP contribution is -2.41. The number of carbonyl (C=O) groups is 2. The van der Waals surface area contributed by atoms with Crippen LogP contribution in [0.1, 0.15) is 26.2 Å². The number of likely N-dealkylation sites (tertiary alicyclic amines) is 1. The smallest absolute Gasteiger partial charge is 0.225 e. The van der Waals surface area contributed by atoms with Gasteiger partial charge in [0.1, 0.15) is 0 Å². The highest BCUT2D eigenvalue weighted by Gasteiger charge is 2.34. The van der Waals surface area contributed by atoms with Gasteiger partial charge in [0.2, 0.25) is 11.8 Å². The Hall–Kier alpha value is -1.10. The van der Waals surface area contributed by atoms with Crippen molar-refractivity contribution in [2.45, 2.75) is 32.3 Å². The Morgan fingerprint density at radius 1 is 1.53 bits per heavy atom. The highest BCUT2D eigenvalue weighted by Crippen LogP contribution is 2.26. The van der Waals surface area contributed by atoms with Crippen LogP contribution in [0.4, 0.5) is 0 Å². The molecule has 1 saturated heterocycles. The van der Waals surface area contributed by atoms with Crippen molar-refractivity contribution in [1.82, 2.24) is 10.2 Å². The van der Waals surface area contributed by atoms with Crippen molar-refractivity contribution in [2.75, 3.05) is 19.6 Å². The molecule has 1 heterocycles. The van der Waals surface area contributed by atoms with Crippen LogP contribution >= 0.6 is 0 Å². The lowest BCUT2D eigenvalue weighted by Gasteiger charge is -2.31. The van der Waals surface area contributed by atoms with Crippen LogP contribution in [0.25, 0.3) is 0 Å². The number of aliphatic hydroxyl groups is 1. The normalized spacial score (nSPS) is 32.5. The van der Waals surface area contributed by atoms with Gasteiger partial charge in [-0.15, -0.1) is 0 Å². The van der Waals surface area contributed by atoms with E-state index in [2.05, 4.69) is 5.32 Å². The summed E-state index contributed by atoms with van der Waals surface area (Å²) in [4.78, 5) is 25.0. The number of rotatable bonds is 4. The Morgan fingerprint density at radius 2 is 2.24 bits per heavy atom. The van der Waals surface area contributed by atoms with Gasteiger partial charge in [-0.3, -0.25) is 9.59 Å². The molecule has 0 radical (unpaired) electrons. The second-order valence-electron chi connectivity index (χ2n) is 5.07. The zero-order chi connectivity index (χ0) is 12.4. The average Bonchev–Trinajstić information content (AvgIpc) is 2.64.